The van der Waals surface area contributed by atoms with Gasteiger partial charge in [-0.2, -0.15) is 25.3 Å². The summed E-state index contributed by atoms with van der Waals surface area (Å²) >= 11 is 6.83. The molecule has 0 spiro atoms. The number of hydrogen-bond acceptors (Lipinski definition) is 7. The molecule has 4 N–H and O–H groups in total. The van der Waals surface area contributed by atoms with E-state index in [2.05, 4.69) is 53.0 Å². The van der Waals surface area contributed by atoms with Crippen molar-refractivity contribution in [3.63, 3.8) is 0 Å². The van der Waals surface area contributed by atoms with Crippen molar-refractivity contribution in [2.45, 2.75) is 52.7 Å². The van der Waals surface area contributed by atoms with Crippen molar-refractivity contribution in [2.24, 2.45) is 0 Å². The molecule has 2 unspecified atom stereocenters. The third kappa shape index (κ3) is 52.3. The first-order chi connectivity index (χ1) is 10.7. The van der Waals surface area contributed by atoms with Gasteiger partial charge in [-0.25, -0.2) is 0 Å². The van der Waals surface area contributed by atoms with E-state index in [1.54, 1.807) is 0 Å². The largest absolute Gasteiger partial charge is 0.481 e. The molecule has 0 aromatic rings. The Bertz CT molecular complexity index is 229. The smallest absolute Gasteiger partial charge is 0.313 e. The maximum Gasteiger partial charge on any atom is 0.313 e. The Kier molecular flexibility index (Phi) is 34.9. The van der Waals surface area contributed by atoms with Gasteiger partial charge >= 0.3 is 11.9 Å². The fourth-order valence-corrected chi connectivity index (χ4v) is 0.589. The number of carboxylic acids is 2. The summed E-state index contributed by atoms with van der Waals surface area (Å²) < 4.78 is 5.55. The van der Waals surface area contributed by atoms with Gasteiger partial charge < -0.3 is 25.2 Å². The number of rotatable bonds is 7. The standard InChI is InChI=1S/C8H18O.2C2H4O2S.C2H6O2/c1-5-7(3)9-8(4)6-2;2*3-2(4)1-5;3-1-2-4/h7-8H,5-6H2,1-4H3;2*5H,1H2,(H,3,4);3-4H,1-2H2. The summed E-state index contributed by atoms with van der Waals surface area (Å²) in [4.78, 5) is 18.6. The molecule has 0 aliphatic rings. The average Bonchev–Trinajstić information content (AvgIpc) is 2.55. The molecule has 0 rings (SSSR count). The van der Waals surface area contributed by atoms with Gasteiger partial charge in [0.15, 0.2) is 0 Å². The monoisotopic (exact) mass is 376 g/mol. The average molecular weight is 377 g/mol. The number of hydrogen-bond donors (Lipinski definition) is 6. The number of carbonyl (C=O) groups is 2. The third-order valence-corrected chi connectivity index (χ3v) is 2.53. The Hall–Kier alpha value is -0.480. The van der Waals surface area contributed by atoms with Crippen molar-refractivity contribution in [3.05, 3.63) is 0 Å². The summed E-state index contributed by atoms with van der Waals surface area (Å²) in [5.41, 5.74) is 0. The zero-order valence-corrected chi connectivity index (χ0v) is 16.1. The van der Waals surface area contributed by atoms with E-state index >= 15 is 0 Å². The molecule has 0 bridgehead atoms. The Balaban J connectivity index is -0.000000112. The lowest BCUT2D eigenvalue weighted by Crippen LogP contribution is -2.14. The fraction of sp³-hybridized carbons (Fsp3) is 0.857. The number of carboxylic acid groups (broad SMARTS) is 2. The lowest BCUT2D eigenvalue weighted by Gasteiger charge is -2.15. The van der Waals surface area contributed by atoms with Crippen LogP contribution in [-0.2, 0) is 14.3 Å². The van der Waals surface area contributed by atoms with Gasteiger partial charge in [-0.1, -0.05) is 13.8 Å². The van der Waals surface area contributed by atoms with E-state index < -0.39 is 11.9 Å². The van der Waals surface area contributed by atoms with Crippen molar-refractivity contribution in [1.29, 1.82) is 0 Å². The molecule has 0 aromatic heterocycles. The highest BCUT2D eigenvalue weighted by Crippen LogP contribution is 2.03. The Morgan fingerprint density at radius 3 is 1.17 bits per heavy atom. The molecular formula is C14H32O7S2. The zero-order chi connectivity index (χ0) is 19.3. The van der Waals surface area contributed by atoms with Crippen LogP contribution in [0, 0.1) is 0 Å². The van der Waals surface area contributed by atoms with Crippen LogP contribution in [0.4, 0.5) is 0 Å². The molecule has 0 saturated carbocycles. The Morgan fingerprint density at radius 1 is 0.870 bits per heavy atom. The van der Waals surface area contributed by atoms with Crippen LogP contribution in [0.1, 0.15) is 40.5 Å². The lowest BCUT2D eigenvalue weighted by molar-refractivity contribution is -0.134. The van der Waals surface area contributed by atoms with Crippen LogP contribution in [0.5, 0.6) is 0 Å². The van der Waals surface area contributed by atoms with Crippen LogP contribution in [-0.4, -0.2) is 69.3 Å². The maximum absolute atomic E-state index is 9.29. The van der Waals surface area contributed by atoms with Crippen LogP contribution in [0.3, 0.4) is 0 Å². The van der Waals surface area contributed by atoms with E-state index in [0.29, 0.717) is 12.2 Å². The van der Waals surface area contributed by atoms with Gasteiger partial charge in [-0.15, -0.1) is 0 Å². The van der Waals surface area contributed by atoms with Crippen LogP contribution in [0.15, 0.2) is 0 Å². The second kappa shape index (κ2) is 26.4. The molecule has 0 saturated heterocycles. The van der Waals surface area contributed by atoms with Gasteiger partial charge in [0.25, 0.3) is 0 Å². The van der Waals surface area contributed by atoms with E-state index in [1.807, 2.05) is 0 Å². The number of ether oxygens (including phenoxy) is 1. The second-order valence-corrected chi connectivity index (χ2v) is 4.76. The number of aliphatic carboxylic acids is 2. The minimum Gasteiger partial charge on any atom is -0.481 e. The van der Waals surface area contributed by atoms with Gasteiger partial charge in [-0.3, -0.25) is 9.59 Å². The van der Waals surface area contributed by atoms with Gasteiger partial charge in [-0.05, 0) is 26.7 Å². The summed E-state index contributed by atoms with van der Waals surface area (Å²) in [5, 5.41) is 30.5. The van der Waals surface area contributed by atoms with Crippen LogP contribution in [0.25, 0.3) is 0 Å². The summed E-state index contributed by atoms with van der Waals surface area (Å²) in [6.45, 7) is 8.28. The minimum atomic E-state index is -0.881. The van der Waals surface area contributed by atoms with Crippen molar-refractivity contribution in [2.75, 3.05) is 24.7 Å². The van der Waals surface area contributed by atoms with Crippen LogP contribution >= 0.6 is 25.3 Å². The van der Waals surface area contributed by atoms with E-state index in [4.69, 9.17) is 25.2 Å². The second-order valence-electron chi connectivity index (χ2n) is 4.12. The molecule has 23 heavy (non-hydrogen) atoms. The van der Waals surface area contributed by atoms with Gasteiger partial charge in [0, 0.05) is 0 Å². The maximum atomic E-state index is 9.29. The molecule has 9 heteroatoms. The SMILES string of the molecule is CCC(C)OC(C)CC.O=C(O)CS.O=C(O)CS.OCCO. The summed E-state index contributed by atoms with van der Waals surface area (Å²) in [6.07, 6.45) is 3.09. The lowest BCUT2D eigenvalue weighted by atomic mass is 10.3. The highest BCUT2D eigenvalue weighted by molar-refractivity contribution is 7.81. The highest BCUT2D eigenvalue weighted by Gasteiger charge is 2.02. The van der Waals surface area contributed by atoms with Crippen molar-refractivity contribution >= 4 is 37.2 Å². The normalized spacial score (nSPS) is 11.3. The molecule has 2 atom stereocenters. The van der Waals surface area contributed by atoms with Gasteiger partial charge in [0.2, 0.25) is 0 Å². The number of aliphatic hydroxyl groups is 2. The quantitative estimate of drug-likeness (QED) is 0.373. The molecular weight excluding hydrogens is 344 g/mol. The minimum absolute atomic E-state index is 0.0833. The van der Waals surface area contributed by atoms with Crippen LogP contribution in [0.2, 0.25) is 0 Å². The van der Waals surface area contributed by atoms with E-state index in [9.17, 15) is 9.59 Å². The highest BCUT2D eigenvalue weighted by atomic mass is 32.1. The third-order valence-electron chi connectivity index (χ3n) is 1.98. The number of thiol groups is 2. The van der Waals surface area contributed by atoms with Crippen molar-refractivity contribution in [1.82, 2.24) is 0 Å². The molecule has 142 valence electrons. The predicted octanol–water partition coefficient (Wildman–Crippen LogP) is 1.57. The van der Waals surface area contributed by atoms with E-state index in [-0.39, 0.29) is 24.7 Å². The first-order valence-corrected chi connectivity index (χ1v) is 8.45. The molecule has 0 aliphatic heterocycles. The summed E-state index contributed by atoms with van der Waals surface area (Å²) in [5.74, 6) is -1.93. The molecule has 0 heterocycles. The Labute approximate surface area is 149 Å². The summed E-state index contributed by atoms with van der Waals surface area (Å²) in [7, 11) is 0. The van der Waals surface area contributed by atoms with Gasteiger partial charge in [0.1, 0.15) is 0 Å². The van der Waals surface area contributed by atoms with Crippen molar-refractivity contribution < 1.29 is 34.8 Å². The topological polar surface area (TPSA) is 124 Å². The first-order valence-electron chi connectivity index (χ1n) is 7.18. The van der Waals surface area contributed by atoms with Gasteiger partial charge in [0.05, 0.1) is 36.9 Å². The molecule has 0 radical (unpaired) electrons. The molecule has 0 amide bonds. The zero-order valence-electron chi connectivity index (χ0n) is 14.3. The molecule has 0 fully saturated rings. The first kappa shape index (κ1) is 30.4. The molecule has 0 aromatic carbocycles. The fourth-order valence-electron chi connectivity index (χ4n) is 0.589. The van der Waals surface area contributed by atoms with Crippen LogP contribution < -0.4 is 0 Å². The molecule has 0 aliphatic carbocycles. The predicted molar refractivity (Wildman–Crippen MR) is 97.7 cm³/mol. The van der Waals surface area contributed by atoms with Crippen molar-refractivity contribution in [3.8, 4) is 0 Å². The van der Waals surface area contributed by atoms with E-state index in [0.717, 1.165) is 12.8 Å². The summed E-state index contributed by atoms with van der Waals surface area (Å²) in [6, 6.07) is 0. The molecule has 7 nitrogen and oxygen atoms in total. The number of aliphatic hydroxyl groups excluding tert-OH is 2. The van der Waals surface area contributed by atoms with E-state index in [1.165, 1.54) is 0 Å². The Morgan fingerprint density at radius 2 is 1.09 bits per heavy atom.